The van der Waals surface area contributed by atoms with Crippen molar-refractivity contribution in [2.45, 2.75) is 53.9 Å². The van der Waals surface area contributed by atoms with Gasteiger partial charge in [-0.3, -0.25) is 9.59 Å². The molecule has 0 aromatic carbocycles. The minimum absolute atomic E-state index is 0. The molecule has 2 bridgehead atoms. The van der Waals surface area contributed by atoms with Crippen molar-refractivity contribution in [1.29, 1.82) is 0 Å². The summed E-state index contributed by atoms with van der Waals surface area (Å²) in [4.78, 5) is 22.4. The second kappa shape index (κ2) is 10.9. The largest absolute Gasteiger partial charge is 0.481 e. The van der Waals surface area contributed by atoms with Gasteiger partial charge >= 0.3 is 0 Å². The maximum absolute atomic E-state index is 9.00. The number of aliphatic carboxylic acids is 2. The van der Waals surface area contributed by atoms with E-state index in [0.717, 1.165) is 43.9 Å². The number of rotatable bonds is 3. The van der Waals surface area contributed by atoms with Gasteiger partial charge in [0.05, 0.1) is 5.82 Å². The molecule has 7 heteroatoms. The Labute approximate surface area is 175 Å². The maximum Gasteiger partial charge on any atom is 0.300 e. The molecular formula is C20H33N2O4Zn-. The van der Waals surface area contributed by atoms with E-state index < -0.39 is 11.9 Å². The number of imidazole rings is 1. The molecule has 1 heterocycles. The smallest absolute Gasteiger partial charge is 0.300 e. The molecule has 3 saturated carbocycles. The van der Waals surface area contributed by atoms with E-state index in [0.29, 0.717) is 5.41 Å². The van der Waals surface area contributed by atoms with Gasteiger partial charge in [-0.2, -0.15) is 5.92 Å². The molecule has 1 aromatic heterocycles. The molecule has 0 spiro atoms. The molecule has 3 aliphatic carbocycles. The number of aryl methyl sites for hydroxylation is 1. The molecule has 2 N–H and O–H groups in total. The molecule has 4 atom stereocenters. The van der Waals surface area contributed by atoms with E-state index in [2.05, 4.69) is 43.8 Å². The van der Waals surface area contributed by atoms with E-state index in [9.17, 15) is 0 Å². The normalized spacial score (nSPS) is 26.7. The summed E-state index contributed by atoms with van der Waals surface area (Å²) in [6.07, 6.45) is 10.4. The minimum Gasteiger partial charge on any atom is -0.481 e. The number of hydrogen-bond acceptors (Lipinski definition) is 3. The summed E-state index contributed by atoms with van der Waals surface area (Å²) in [7, 11) is 2.08. The van der Waals surface area contributed by atoms with Crippen LogP contribution in [0.2, 0.25) is 0 Å². The van der Waals surface area contributed by atoms with Crippen LogP contribution in [0.3, 0.4) is 0 Å². The van der Waals surface area contributed by atoms with Gasteiger partial charge in [0.15, 0.2) is 0 Å². The fourth-order valence-electron chi connectivity index (χ4n) is 4.35. The second-order valence-corrected chi connectivity index (χ2v) is 8.05. The topological polar surface area (TPSA) is 92.4 Å². The summed E-state index contributed by atoms with van der Waals surface area (Å²) >= 11 is 0. The Bertz CT molecular complexity index is 595. The fraction of sp³-hybridized carbons (Fsp3) is 0.700. The van der Waals surface area contributed by atoms with E-state index in [4.69, 9.17) is 19.8 Å². The van der Waals surface area contributed by atoms with Gasteiger partial charge in [-0.1, -0.05) is 33.1 Å². The number of fused-ring (bicyclic) bond motifs is 2. The number of carbonyl (C=O) groups is 2. The SMILES string of the molecule is CC(=O)O.CC(=O)O.C[C@H]1[C@H]([CH-]Cc2nccn2C)C[C@@H]2C[C@H]1C2(C)C.[Zn]. The van der Waals surface area contributed by atoms with Gasteiger partial charge in [-0.05, 0) is 23.7 Å². The third-order valence-corrected chi connectivity index (χ3v) is 5.94. The van der Waals surface area contributed by atoms with Gasteiger partial charge < -0.3 is 21.2 Å². The van der Waals surface area contributed by atoms with E-state index in [1.165, 1.54) is 18.7 Å². The summed E-state index contributed by atoms with van der Waals surface area (Å²) in [5, 5.41) is 14.8. The average molecular weight is 431 g/mol. The zero-order chi connectivity index (χ0) is 20.1. The van der Waals surface area contributed by atoms with Crippen LogP contribution in [0, 0.1) is 35.5 Å². The molecule has 1 aromatic rings. The molecule has 150 valence electrons. The van der Waals surface area contributed by atoms with E-state index >= 15 is 0 Å². The number of carboxylic acids is 2. The minimum atomic E-state index is -0.833. The second-order valence-electron chi connectivity index (χ2n) is 8.05. The molecule has 6 nitrogen and oxygen atoms in total. The van der Waals surface area contributed by atoms with Gasteiger partial charge in [-0.25, -0.2) is 4.98 Å². The molecule has 0 radical (unpaired) electrons. The number of hydrogen-bond donors (Lipinski definition) is 2. The average Bonchev–Trinajstić information content (AvgIpc) is 2.89. The molecule has 3 fully saturated rings. The van der Waals surface area contributed by atoms with Crippen molar-refractivity contribution >= 4 is 11.9 Å². The Morgan fingerprint density at radius 1 is 1.26 bits per heavy atom. The molecular weight excluding hydrogens is 398 g/mol. The predicted molar refractivity (Wildman–Crippen MR) is 100 cm³/mol. The first kappa shape index (κ1) is 25.8. The number of nitrogens with zero attached hydrogens (tertiary/aromatic N) is 2. The van der Waals surface area contributed by atoms with Crippen molar-refractivity contribution in [2.24, 2.45) is 36.1 Å². The number of carboxylic acid groups (broad SMARTS) is 2. The van der Waals surface area contributed by atoms with Gasteiger partial charge in [0, 0.05) is 52.8 Å². The van der Waals surface area contributed by atoms with Crippen molar-refractivity contribution in [3.8, 4) is 0 Å². The molecule has 3 aliphatic rings. The first-order valence-corrected chi connectivity index (χ1v) is 9.15. The summed E-state index contributed by atoms with van der Waals surface area (Å²) in [6.45, 7) is 9.57. The molecule has 4 rings (SSSR count). The zero-order valence-electron chi connectivity index (χ0n) is 17.5. The Balaban J connectivity index is 0.000000646. The fourth-order valence-corrected chi connectivity index (χ4v) is 4.35. The number of aromatic nitrogens is 2. The Morgan fingerprint density at radius 2 is 1.78 bits per heavy atom. The van der Waals surface area contributed by atoms with E-state index in [1.54, 1.807) is 0 Å². The van der Waals surface area contributed by atoms with Crippen LogP contribution in [-0.4, -0.2) is 31.7 Å². The summed E-state index contributed by atoms with van der Waals surface area (Å²) < 4.78 is 2.13. The quantitative estimate of drug-likeness (QED) is 0.564. The van der Waals surface area contributed by atoms with Crippen LogP contribution in [0.4, 0.5) is 0 Å². The van der Waals surface area contributed by atoms with Gasteiger partial charge in [0.25, 0.3) is 11.9 Å². The molecule has 0 aliphatic heterocycles. The van der Waals surface area contributed by atoms with Crippen molar-refractivity contribution in [3.63, 3.8) is 0 Å². The van der Waals surface area contributed by atoms with Crippen LogP contribution in [0.25, 0.3) is 0 Å². The first-order chi connectivity index (χ1) is 12.0. The molecule has 0 unspecified atom stereocenters. The third-order valence-electron chi connectivity index (χ3n) is 5.94. The summed E-state index contributed by atoms with van der Waals surface area (Å²) in [5.74, 6) is 3.09. The van der Waals surface area contributed by atoms with E-state index in [1.807, 2.05) is 12.4 Å². The van der Waals surface area contributed by atoms with E-state index in [-0.39, 0.29) is 19.5 Å². The van der Waals surface area contributed by atoms with Crippen LogP contribution in [-0.2, 0) is 42.5 Å². The van der Waals surface area contributed by atoms with Crippen LogP contribution in [0.1, 0.15) is 53.3 Å². The van der Waals surface area contributed by atoms with Gasteiger partial charge in [0.1, 0.15) is 0 Å². The van der Waals surface area contributed by atoms with Crippen LogP contribution in [0.5, 0.6) is 0 Å². The summed E-state index contributed by atoms with van der Waals surface area (Å²) in [6, 6.07) is 0. The van der Waals surface area contributed by atoms with Crippen molar-refractivity contribution in [2.75, 3.05) is 0 Å². The van der Waals surface area contributed by atoms with Crippen LogP contribution < -0.4 is 0 Å². The molecule has 0 amide bonds. The Kier molecular flexibility index (Phi) is 10.4. The maximum atomic E-state index is 9.00. The van der Waals surface area contributed by atoms with Crippen LogP contribution >= 0.6 is 0 Å². The first-order valence-electron chi connectivity index (χ1n) is 9.15. The van der Waals surface area contributed by atoms with Gasteiger partial charge in [0.2, 0.25) is 0 Å². The Morgan fingerprint density at radius 3 is 2.15 bits per heavy atom. The van der Waals surface area contributed by atoms with Crippen molar-refractivity contribution < 1.29 is 39.3 Å². The third kappa shape index (κ3) is 7.36. The molecule has 0 saturated heterocycles. The standard InChI is InChI=1S/C16H25N2.2C2H4O2.Zn/c1-11-12(5-6-15-17-7-8-18(15)4)9-13-10-14(11)16(13,2)3;2*1-2(3)4;/h5,7-8,11-14H,6,9-10H2,1-4H3;2*1H3,(H,3,4);/q-1;;;/t11-,12+,13+,14+;;;/m0.../s1. The van der Waals surface area contributed by atoms with Crippen molar-refractivity contribution in [3.05, 3.63) is 24.6 Å². The Hall–Kier alpha value is -1.23. The summed E-state index contributed by atoms with van der Waals surface area (Å²) in [5.41, 5.74) is 0.604. The van der Waals surface area contributed by atoms with Gasteiger partial charge in [-0.15, -0.1) is 6.42 Å². The zero-order valence-corrected chi connectivity index (χ0v) is 20.4. The monoisotopic (exact) mass is 429 g/mol. The van der Waals surface area contributed by atoms with Crippen molar-refractivity contribution in [1.82, 2.24) is 9.55 Å². The van der Waals surface area contributed by atoms with Crippen LogP contribution in [0.15, 0.2) is 12.4 Å². The molecule has 27 heavy (non-hydrogen) atoms. The predicted octanol–water partition coefficient (Wildman–Crippen LogP) is 3.66.